The lowest BCUT2D eigenvalue weighted by Gasteiger charge is -2.48. The summed E-state index contributed by atoms with van der Waals surface area (Å²) in [4.78, 5) is 4.96. The van der Waals surface area contributed by atoms with E-state index in [4.69, 9.17) is 16.3 Å². The fourth-order valence-electron chi connectivity index (χ4n) is 5.80. The Labute approximate surface area is 200 Å². The van der Waals surface area contributed by atoms with E-state index in [-0.39, 0.29) is 37.8 Å². The maximum atomic E-state index is 13.2. The first kappa shape index (κ1) is 25.9. The number of hydrogen-bond donors (Lipinski definition) is 4. The lowest BCUT2D eigenvalue weighted by molar-refractivity contribution is -0.184. The van der Waals surface area contributed by atoms with Gasteiger partial charge in [0.2, 0.25) is 0 Å². The standard InChI is InChI=1S/C22H40ClF3N6O/c1-2-33-21-29-19(27-17-5-3-4-15(14-17)22(24,25)26)28-20(30-21)32-12-10-31(11-13-32)18-8-6-16(23)7-9-18/h15-21,27-30H,2-14H2,1H3. The second kappa shape index (κ2) is 11.7. The van der Waals surface area contributed by atoms with E-state index in [0.717, 1.165) is 45.4 Å². The van der Waals surface area contributed by atoms with Crippen LogP contribution in [0.3, 0.4) is 0 Å². The fraction of sp³-hybridized carbons (Fsp3) is 1.00. The van der Waals surface area contributed by atoms with Crippen molar-refractivity contribution < 1.29 is 17.9 Å². The lowest BCUT2D eigenvalue weighted by Crippen LogP contribution is -2.77. The average molecular weight is 497 g/mol. The van der Waals surface area contributed by atoms with E-state index in [1.807, 2.05) is 6.92 Å². The minimum Gasteiger partial charge on any atom is -0.350 e. The second-order valence-electron chi connectivity index (χ2n) is 9.92. The normalized spacial score (nSPS) is 40.1. The molecule has 0 aromatic heterocycles. The van der Waals surface area contributed by atoms with E-state index in [1.54, 1.807) is 0 Å². The first-order valence-electron chi connectivity index (χ1n) is 12.7. The molecule has 0 aromatic rings. The molecule has 4 fully saturated rings. The van der Waals surface area contributed by atoms with Crippen LogP contribution in [0.15, 0.2) is 0 Å². The van der Waals surface area contributed by atoms with Crippen LogP contribution in [0.4, 0.5) is 13.2 Å². The van der Waals surface area contributed by atoms with Gasteiger partial charge in [-0.15, -0.1) is 11.6 Å². The van der Waals surface area contributed by atoms with Crippen molar-refractivity contribution in [2.24, 2.45) is 5.92 Å². The largest absolute Gasteiger partial charge is 0.391 e. The van der Waals surface area contributed by atoms with Crippen molar-refractivity contribution in [2.45, 2.75) is 101 Å². The van der Waals surface area contributed by atoms with Crippen LogP contribution in [0.2, 0.25) is 0 Å². The van der Waals surface area contributed by atoms with Crippen molar-refractivity contribution in [2.75, 3.05) is 32.8 Å². The Bertz CT molecular complexity index is 601. The summed E-state index contributed by atoms with van der Waals surface area (Å²) in [6.07, 6.45) is 1.36. The van der Waals surface area contributed by atoms with E-state index in [9.17, 15) is 13.2 Å². The number of nitrogens with zero attached hydrogens (tertiary/aromatic N) is 2. The third-order valence-corrected chi connectivity index (χ3v) is 8.12. The Kier molecular flexibility index (Phi) is 9.17. The second-order valence-corrected chi connectivity index (χ2v) is 10.5. The molecule has 5 unspecified atom stereocenters. The molecule has 0 bridgehead atoms. The van der Waals surface area contributed by atoms with Gasteiger partial charge in [-0.2, -0.15) is 13.2 Å². The van der Waals surface area contributed by atoms with Crippen LogP contribution in [0.25, 0.3) is 0 Å². The molecule has 0 spiro atoms. The molecule has 4 aliphatic rings. The van der Waals surface area contributed by atoms with E-state index in [0.29, 0.717) is 24.4 Å². The molecule has 0 aromatic carbocycles. The summed E-state index contributed by atoms with van der Waals surface area (Å²) < 4.78 is 45.5. The molecule has 4 N–H and O–H groups in total. The van der Waals surface area contributed by atoms with Gasteiger partial charge >= 0.3 is 6.18 Å². The van der Waals surface area contributed by atoms with Crippen LogP contribution in [-0.4, -0.2) is 85.2 Å². The molecule has 0 radical (unpaired) electrons. The number of rotatable bonds is 6. The predicted molar refractivity (Wildman–Crippen MR) is 122 cm³/mol. The van der Waals surface area contributed by atoms with Gasteiger partial charge in [-0.05, 0) is 51.9 Å². The van der Waals surface area contributed by atoms with Crippen molar-refractivity contribution in [1.82, 2.24) is 31.1 Å². The SMILES string of the molecule is CCOC1NC(NC2CCCC(C(F)(F)F)C2)NC(N2CCN(C3CCC(Cl)CC3)CC2)N1. The average Bonchev–Trinajstić information content (AvgIpc) is 2.79. The molecule has 7 nitrogen and oxygen atoms in total. The number of hydrogen-bond acceptors (Lipinski definition) is 7. The maximum Gasteiger partial charge on any atom is 0.391 e. The lowest BCUT2D eigenvalue weighted by atomic mass is 9.85. The summed E-state index contributed by atoms with van der Waals surface area (Å²) in [5.41, 5.74) is 0. The molecule has 192 valence electrons. The molecule has 2 aliphatic heterocycles. The van der Waals surface area contributed by atoms with Crippen LogP contribution in [0.1, 0.15) is 58.3 Å². The summed E-state index contributed by atoms with van der Waals surface area (Å²) in [6.45, 7) is 6.36. The molecule has 2 saturated carbocycles. The number of nitrogens with one attached hydrogen (secondary N) is 4. The van der Waals surface area contributed by atoms with Gasteiger partial charge in [0.1, 0.15) is 12.6 Å². The third kappa shape index (κ3) is 7.16. The highest BCUT2D eigenvalue weighted by Gasteiger charge is 2.43. The fourth-order valence-corrected chi connectivity index (χ4v) is 6.05. The summed E-state index contributed by atoms with van der Waals surface area (Å²) in [7, 11) is 0. The van der Waals surface area contributed by atoms with Gasteiger partial charge in [-0.25, -0.2) is 0 Å². The van der Waals surface area contributed by atoms with Crippen LogP contribution in [-0.2, 0) is 4.74 Å². The molecule has 5 atom stereocenters. The molecule has 2 aliphatic carbocycles. The third-order valence-electron chi connectivity index (χ3n) is 7.68. The maximum absolute atomic E-state index is 13.2. The Morgan fingerprint density at radius 2 is 1.64 bits per heavy atom. The van der Waals surface area contributed by atoms with Crippen LogP contribution >= 0.6 is 11.6 Å². The highest BCUT2D eigenvalue weighted by molar-refractivity contribution is 6.20. The molecule has 33 heavy (non-hydrogen) atoms. The zero-order chi connectivity index (χ0) is 23.4. The summed E-state index contributed by atoms with van der Waals surface area (Å²) >= 11 is 6.28. The van der Waals surface area contributed by atoms with Crippen molar-refractivity contribution in [3.8, 4) is 0 Å². The van der Waals surface area contributed by atoms with Gasteiger partial charge in [0.05, 0.1) is 5.92 Å². The number of alkyl halides is 4. The minimum atomic E-state index is -4.12. The zero-order valence-electron chi connectivity index (χ0n) is 19.5. The van der Waals surface area contributed by atoms with Crippen molar-refractivity contribution >= 4 is 11.6 Å². The van der Waals surface area contributed by atoms with Crippen LogP contribution in [0, 0.1) is 5.92 Å². The monoisotopic (exact) mass is 496 g/mol. The molecule has 4 rings (SSSR count). The Morgan fingerprint density at radius 3 is 2.30 bits per heavy atom. The van der Waals surface area contributed by atoms with E-state index in [1.165, 1.54) is 12.8 Å². The molecule has 11 heteroatoms. The predicted octanol–water partition coefficient (Wildman–Crippen LogP) is 2.53. The van der Waals surface area contributed by atoms with Crippen LogP contribution in [0.5, 0.6) is 0 Å². The molecule has 2 saturated heterocycles. The molecular formula is C22H40ClF3N6O. The quantitative estimate of drug-likeness (QED) is 0.421. The van der Waals surface area contributed by atoms with Crippen molar-refractivity contribution in [3.05, 3.63) is 0 Å². The van der Waals surface area contributed by atoms with Crippen molar-refractivity contribution in [3.63, 3.8) is 0 Å². The van der Waals surface area contributed by atoms with Gasteiger partial charge in [-0.3, -0.25) is 31.1 Å². The Morgan fingerprint density at radius 1 is 0.939 bits per heavy atom. The summed E-state index contributed by atoms with van der Waals surface area (Å²) in [6, 6.07) is 0.458. The summed E-state index contributed by atoms with van der Waals surface area (Å²) in [5, 5.41) is 14.0. The van der Waals surface area contributed by atoms with E-state index < -0.39 is 12.1 Å². The molecule has 2 heterocycles. The van der Waals surface area contributed by atoms with Crippen LogP contribution < -0.4 is 21.3 Å². The van der Waals surface area contributed by atoms with Gasteiger partial charge in [-0.1, -0.05) is 6.42 Å². The highest BCUT2D eigenvalue weighted by Crippen LogP contribution is 2.37. The number of halogens is 4. The van der Waals surface area contributed by atoms with Gasteiger partial charge in [0, 0.05) is 50.2 Å². The first-order valence-corrected chi connectivity index (χ1v) is 13.1. The molecular weight excluding hydrogens is 457 g/mol. The Hall–Kier alpha value is -0.200. The van der Waals surface area contributed by atoms with Gasteiger partial charge < -0.3 is 4.74 Å². The molecule has 0 amide bonds. The minimum absolute atomic E-state index is 0.108. The first-order chi connectivity index (χ1) is 15.8. The Balaban J connectivity index is 1.30. The van der Waals surface area contributed by atoms with Gasteiger partial charge in [0.25, 0.3) is 0 Å². The number of ether oxygens (including phenoxy) is 1. The van der Waals surface area contributed by atoms with Gasteiger partial charge in [0.15, 0.2) is 6.35 Å². The highest BCUT2D eigenvalue weighted by atomic mass is 35.5. The van der Waals surface area contributed by atoms with Crippen molar-refractivity contribution in [1.29, 1.82) is 0 Å². The number of piperazine rings is 1. The smallest absolute Gasteiger partial charge is 0.350 e. The summed E-state index contributed by atoms with van der Waals surface area (Å²) in [5.74, 6) is -1.22. The van der Waals surface area contributed by atoms with E-state index in [2.05, 4.69) is 31.1 Å². The van der Waals surface area contributed by atoms with E-state index >= 15 is 0 Å². The zero-order valence-corrected chi connectivity index (χ0v) is 20.3. The topological polar surface area (TPSA) is 63.8 Å².